The van der Waals surface area contributed by atoms with Crippen molar-refractivity contribution >= 4 is 34.9 Å². The monoisotopic (exact) mass is 401 g/mol. The molecule has 0 spiro atoms. The Morgan fingerprint density at radius 3 is 2.78 bits per heavy atom. The Bertz CT molecular complexity index is 805. The molecule has 1 aliphatic carbocycles. The van der Waals surface area contributed by atoms with Gasteiger partial charge in [0.25, 0.3) is 0 Å². The van der Waals surface area contributed by atoms with Gasteiger partial charge >= 0.3 is 0 Å². The van der Waals surface area contributed by atoms with Crippen LogP contribution in [0, 0.1) is 5.92 Å². The summed E-state index contributed by atoms with van der Waals surface area (Å²) >= 11 is 3.29. The van der Waals surface area contributed by atoms with Crippen molar-refractivity contribution in [2.75, 3.05) is 18.2 Å². The molecule has 1 saturated heterocycles. The number of hydrogen-bond donors (Lipinski definition) is 1. The van der Waals surface area contributed by atoms with Crippen molar-refractivity contribution in [2.45, 2.75) is 31.7 Å². The minimum atomic E-state index is -0.321. The summed E-state index contributed by atoms with van der Waals surface area (Å²) in [5, 5.41) is 6.05. The topological polar surface area (TPSA) is 62.3 Å². The Morgan fingerprint density at radius 2 is 2.04 bits per heavy atom. The number of thioether (sulfide) groups is 1. The maximum absolute atomic E-state index is 12.6. The highest BCUT2D eigenvalue weighted by Crippen LogP contribution is 2.32. The van der Waals surface area contributed by atoms with E-state index in [1.54, 1.807) is 28.0 Å². The molecule has 1 N–H and O–H groups in total. The lowest BCUT2D eigenvalue weighted by atomic mass is 9.84. The third-order valence-electron chi connectivity index (χ3n) is 5.18. The van der Waals surface area contributed by atoms with Crippen LogP contribution in [0.25, 0.3) is 10.6 Å². The predicted octanol–water partition coefficient (Wildman–Crippen LogP) is 3.17. The third-order valence-corrected chi connectivity index (χ3v) is 7.13. The van der Waals surface area contributed by atoms with Gasteiger partial charge in [0.15, 0.2) is 0 Å². The Balaban J connectivity index is 1.28. The van der Waals surface area contributed by atoms with E-state index in [1.165, 1.54) is 0 Å². The van der Waals surface area contributed by atoms with Gasteiger partial charge < -0.3 is 10.2 Å². The molecular weight excluding hydrogens is 378 g/mol. The molecule has 2 aliphatic rings. The average molecular weight is 402 g/mol. The van der Waals surface area contributed by atoms with Crippen molar-refractivity contribution in [3.63, 3.8) is 0 Å². The van der Waals surface area contributed by atoms with Gasteiger partial charge in [0.2, 0.25) is 11.8 Å². The van der Waals surface area contributed by atoms with Crippen LogP contribution in [-0.2, 0) is 16.0 Å². The van der Waals surface area contributed by atoms with E-state index in [-0.39, 0.29) is 23.8 Å². The first kappa shape index (κ1) is 18.5. The van der Waals surface area contributed by atoms with Crippen LogP contribution in [0.3, 0.4) is 0 Å². The molecule has 27 heavy (non-hydrogen) atoms. The molecule has 1 aliphatic heterocycles. The van der Waals surface area contributed by atoms with E-state index in [2.05, 4.69) is 22.4 Å². The summed E-state index contributed by atoms with van der Waals surface area (Å²) in [6.45, 7) is 0.545. The predicted molar refractivity (Wildman–Crippen MR) is 110 cm³/mol. The highest BCUT2D eigenvalue weighted by molar-refractivity contribution is 7.99. The zero-order valence-electron chi connectivity index (χ0n) is 15.1. The standard InChI is InChI=1S/C20H23N3O2S2/c24-18(17-12-26-13-23(17)20(25)15-7-4-8-15)21-10-9-16-11-27-19(22-16)14-5-2-1-3-6-14/h1-3,5-6,11,15,17H,4,7-10,12-13H2,(H,21,24)/t17-/m1/s1. The van der Waals surface area contributed by atoms with Crippen molar-refractivity contribution in [3.8, 4) is 10.6 Å². The quantitative estimate of drug-likeness (QED) is 0.808. The molecule has 1 aromatic carbocycles. The van der Waals surface area contributed by atoms with Gasteiger partial charge in [-0.15, -0.1) is 23.1 Å². The van der Waals surface area contributed by atoms with Crippen LogP contribution in [0.4, 0.5) is 0 Å². The highest BCUT2D eigenvalue weighted by Gasteiger charge is 2.39. The van der Waals surface area contributed by atoms with Gasteiger partial charge in [-0.25, -0.2) is 4.98 Å². The highest BCUT2D eigenvalue weighted by atomic mass is 32.2. The van der Waals surface area contributed by atoms with Gasteiger partial charge in [-0.3, -0.25) is 9.59 Å². The Kier molecular flexibility index (Phi) is 5.78. The van der Waals surface area contributed by atoms with Gasteiger partial charge in [0.05, 0.1) is 11.6 Å². The molecule has 0 radical (unpaired) electrons. The number of hydrogen-bond acceptors (Lipinski definition) is 5. The Hall–Kier alpha value is -1.86. The second-order valence-corrected chi connectivity index (χ2v) is 8.86. The van der Waals surface area contributed by atoms with E-state index in [4.69, 9.17) is 0 Å². The molecule has 0 unspecified atom stereocenters. The van der Waals surface area contributed by atoms with Crippen LogP contribution in [-0.4, -0.2) is 45.9 Å². The number of carbonyl (C=O) groups excluding carboxylic acids is 2. The number of rotatable bonds is 6. The first-order chi connectivity index (χ1) is 13.2. The summed E-state index contributed by atoms with van der Waals surface area (Å²) in [5.41, 5.74) is 2.10. The normalized spacial score (nSPS) is 19.7. The van der Waals surface area contributed by atoms with Crippen LogP contribution in [0.15, 0.2) is 35.7 Å². The van der Waals surface area contributed by atoms with Crippen molar-refractivity contribution in [2.24, 2.45) is 5.92 Å². The summed E-state index contributed by atoms with van der Waals surface area (Å²) in [7, 11) is 0. The molecule has 0 bridgehead atoms. The number of aromatic nitrogens is 1. The van der Waals surface area contributed by atoms with E-state index in [0.29, 0.717) is 24.6 Å². The molecule has 4 rings (SSSR count). The first-order valence-electron chi connectivity index (χ1n) is 9.38. The number of benzene rings is 1. The molecule has 1 saturated carbocycles. The van der Waals surface area contributed by atoms with Crippen molar-refractivity contribution in [1.82, 2.24) is 15.2 Å². The first-order valence-corrected chi connectivity index (χ1v) is 11.4. The molecular formula is C20H23N3O2S2. The largest absolute Gasteiger partial charge is 0.354 e. The minimum Gasteiger partial charge on any atom is -0.354 e. The SMILES string of the molecule is O=C(NCCc1csc(-c2ccccc2)n1)[C@H]1CSCN1C(=O)C1CCC1. The van der Waals surface area contributed by atoms with Crippen molar-refractivity contribution < 1.29 is 9.59 Å². The zero-order chi connectivity index (χ0) is 18.6. The molecule has 2 amide bonds. The molecule has 5 nitrogen and oxygen atoms in total. The number of nitrogens with one attached hydrogen (secondary N) is 1. The fourth-order valence-corrected chi connectivity index (χ4v) is 5.36. The lowest BCUT2D eigenvalue weighted by Gasteiger charge is -2.31. The number of amides is 2. The van der Waals surface area contributed by atoms with Crippen molar-refractivity contribution in [1.29, 1.82) is 0 Å². The fourth-order valence-electron chi connectivity index (χ4n) is 3.33. The second kappa shape index (κ2) is 8.44. The molecule has 142 valence electrons. The van der Waals surface area contributed by atoms with Gasteiger partial charge in [-0.2, -0.15) is 0 Å². The molecule has 2 fully saturated rings. The Morgan fingerprint density at radius 1 is 1.22 bits per heavy atom. The Labute approximate surface area is 167 Å². The van der Waals surface area contributed by atoms with Gasteiger partial charge in [-0.1, -0.05) is 36.8 Å². The van der Waals surface area contributed by atoms with Gasteiger partial charge in [-0.05, 0) is 12.8 Å². The van der Waals surface area contributed by atoms with Gasteiger partial charge in [0, 0.05) is 35.6 Å². The number of thiazole rings is 1. The molecule has 2 aromatic rings. The summed E-state index contributed by atoms with van der Waals surface area (Å²) < 4.78 is 0. The summed E-state index contributed by atoms with van der Waals surface area (Å²) in [4.78, 5) is 31.5. The van der Waals surface area contributed by atoms with Crippen LogP contribution >= 0.6 is 23.1 Å². The smallest absolute Gasteiger partial charge is 0.243 e. The van der Waals surface area contributed by atoms with Gasteiger partial charge in [0.1, 0.15) is 11.0 Å². The van der Waals surface area contributed by atoms with E-state index in [1.807, 2.05) is 23.6 Å². The molecule has 1 aromatic heterocycles. The van der Waals surface area contributed by atoms with Crippen molar-refractivity contribution in [3.05, 3.63) is 41.4 Å². The second-order valence-electron chi connectivity index (χ2n) is 7.00. The fraction of sp³-hybridized carbons (Fsp3) is 0.450. The maximum Gasteiger partial charge on any atom is 0.243 e. The van der Waals surface area contributed by atoms with Crippen LogP contribution < -0.4 is 5.32 Å². The average Bonchev–Trinajstić information content (AvgIpc) is 3.30. The van der Waals surface area contributed by atoms with Crippen LogP contribution in [0.1, 0.15) is 25.0 Å². The van der Waals surface area contributed by atoms with Crippen LogP contribution in [0.2, 0.25) is 0 Å². The summed E-state index contributed by atoms with van der Waals surface area (Å²) in [5.74, 6) is 1.61. The van der Waals surface area contributed by atoms with E-state index in [9.17, 15) is 9.59 Å². The lowest BCUT2D eigenvalue weighted by molar-refractivity contribution is -0.143. The van der Waals surface area contributed by atoms with E-state index < -0.39 is 0 Å². The minimum absolute atomic E-state index is 0.0359. The van der Waals surface area contributed by atoms with E-state index >= 15 is 0 Å². The lowest BCUT2D eigenvalue weighted by Crippen LogP contribution is -2.50. The third kappa shape index (κ3) is 4.19. The van der Waals surface area contributed by atoms with E-state index in [0.717, 1.165) is 35.5 Å². The maximum atomic E-state index is 12.6. The molecule has 2 heterocycles. The number of nitrogens with zero attached hydrogens (tertiary/aromatic N) is 2. The summed E-state index contributed by atoms with van der Waals surface area (Å²) in [6, 6.07) is 9.79. The van der Waals surface area contributed by atoms with Crippen LogP contribution in [0.5, 0.6) is 0 Å². The summed E-state index contributed by atoms with van der Waals surface area (Å²) in [6.07, 6.45) is 3.78. The number of carbonyl (C=O) groups is 2. The molecule has 1 atom stereocenters. The molecule has 7 heteroatoms. The zero-order valence-corrected chi connectivity index (χ0v) is 16.7.